The number of nitrogens with one attached hydrogen (secondary N) is 1. The number of anilines is 2. The SMILES string of the molecule is O=C(CS(=O)(=O)c1ccc2ccccc2c1)Nc1cccc(Cl)c1N1CCCC1. The van der Waals surface area contributed by atoms with Crippen molar-refractivity contribution in [1.82, 2.24) is 0 Å². The molecule has 0 atom stereocenters. The zero-order valence-electron chi connectivity index (χ0n) is 15.8. The summed E-state index contributed by atoms with van der Waals surface area (Å²) >= 11 is 6.37. The fourth-order valence-corrected chi connectivity index (χ4v) is 5.14. The van der Waals surface area contributed by atoms with Crippen molar-refractivity contribution in [3.63, 3.8) is 0 Å². The average Bonchev–Trinajstić information content (AvgIpc) is 3.21. The smallest absolute Gasteiger partial charge is 0.240 e. The first kappa shape index (κ1) is 19.7. The Bertz CT molecular complexity index is 1170. The summed E-state index contributed by atoms with van der Waals surface area (Å²) in [4.78, 5) is 14.8. The van der Waals surface area contributed by atoms with E-state index < -0.39 is 21.5 Å². The fourth-order valence-electron chi connectivity index (χ4n) is 3.68. The van der Waals surface area contributed by atoms with Crippen LogP contribution in [-0.4, -0.2) is 33.2 Å². The number of hydrogen-bond acceptors (Lipinski definition) is 4. The number of rotatable bonds is 5. The normalized spacial score (nSPS) is 14.3. The van der Waals surface area contributed by atoms with Crippen LogP contribution in [0.1, 0.15) is 12.8 Å². The number of para-hydroxylation sites is 1. The van der Waals surface area contributed by atoms with E-state index in [1.54, 1.807) is 36.4 Å². The van der Waals surface area contributed by atoms with Crippen LogP contribution in [0.15, 0.2) is 65.6 Å². The zero-order valence-corrected chi connectivity index (χ0v) is 17.3. The van der Waals surface area contributed by atoms with Gasteiger partial charge < -0.3 is 10.2 Å². The minimum absolute atomic E-state index is 0.136. The number of fused-ring (bicyclic) bond motifs is 1. The number of hydrogen-bond donors (Lipinski definition) is 1. The molecular formula is C22H21ClN2O3S. The Morgan fingerprint density at radius 1 is 0.966 bits per heavy atom. The van der Waals surface area contributed by atoms with Crippen molar-refractivity contribution >= 4 is 49.5 Å². The highest BCUT2D eigenvalue weighted by molar-refractivity contribution is 7.92. The van der Waals surface area contributed by atoms with Crippen molar-refractivity contribution < 1.29 is 13.2 Å². The van der Waals surface area contributed by atoms with Crippen molar-refractivity contribution in [2.45, 2.75) is 17.7 Å². The summed E-state index contributed by atoms with van der Waals surface area (Å²) in [6, 6.07) is 17.7. The van der Waals surface area contributed by atoms with Crippen molar-refractivity contribution in [3.8, 4) is 0 Å². The molecule has 0 bridgehead atoms. The van der Waals surface area contributed by atoms with Crippen LogP contribution in [0.2, 0.25) is 5.02 Å². The van der Waals surface area contributed by atoms with E-state index in [1.165, 1.54) is 0 Å². The first-order valence-corrected chi connectivity index (χ1v) is 11.5. The van der Waals surface area contributed by atoms with E-state index in [2.05, 4.69) is 10.2 Å². The highest BCUT2D eigenvalue weighted by Gasteiger charge is 2.23. The van der Waals surface area contributed by atoms with Crippen LogP contribution >= 0.6 is 11.6 Å². The van der Waals surface area contributed by atoms with Gasteiger partial charge in [0.1, 0.15) is 5.75 Å². The Morgan fingerprint density at radius 3 is 2.45 bits per heavy atom. The molecule has 1 aliphatic rings. The van der Waals surface area contributed by atoms with E-state index >= 15 is 0 Å². The lowest BCUT2D eigenvalue weighted by Crippen LogP contribution is -2.25. The molecule has 0 aromatic heterocycles. The second-order valence-electron chi connectivity index (χ2n) is 7.15. The molecule has 1 saturated heterocycles. The van der Waals surface area contributed by atoms with Gasteiger partial charge in [0.15, 0.2) is 9.84 Å². The number of sulfone groups is 1. The van der Waals surface area contributed by atoms with E-state index in [0.717, 1.165) is 42.4 Å². The first-order valence-electron chi connectivity index (χ1n) is 9.49. The molecule has 0 saturated carbocycles. The Morgan fingerprint density at radius 2 is 1.69 bits per heavy atom. The van der Waals surface area contributed by atoms with Gasteiger partial charge in [-0.2, -0.15) is 0 Å². The van der Waals surface area contributed by atoms with Crippen LogP contribution in [0.4, 0.5) is 11.4 Å². The molecule has 4 rings (SSSR count). The van der Waals surface area contributed by atoms with Gasteiger partial charge in [0.05, 0.1) is 21.3 Å². The summed E-state index contributed by atoms with van der Waals surface area (Å²) < 4.78 is 25.6. The molecule has 3 aromatic rings. The van der Waals surface area contributed by atoms with Crippen LogP contribution in [0.3, 0.4) is 0 Å². The highest BCUT2D eigenvalue weighted by Crippen LogP contribution is 2.36. The molecule has 0 unspecified atom stereocenters. The van der Waals surface area contributed by atoms with Crippen LogP contribution < -0.4 is 10.2 Å². The zero-order chi connectivity index (χ0) is 20.4. The van der Waals surface area contributed by atoms with E-state index in [0.29, 0.717) is 10.7 Å². The quantitative estimate of drug-likeness (QED) is 0.649. The van der Waals surface area contributed by atoms with Crippen LogP contribution in [-0.2, 0) is 14.6 Å². The Balaban J connectivity index is 1.55. The molecule has 0 spiro atoms. The molecule has 1 heterocycles. The predicted octanol–water partition coefficient (Wildman–Crippen LogP) is 4.51. The third kappa shape index (κ3) is 4.23. The molecule has 0 aliphatic carbocycles. The van der Waals surface area contributed by atoms with Gasteiger partial charge in [-0.05, 0) is 47.9 Å². The van der Waals surface area contributed by atoms with Crippen molar-refractivity contribution in [2.75, 3.05) is 29.1 Å². The topological polar surface area (TPSA) is 66.5 Å². The standard InChI is InChI=1S/C22H21ClN2O3S/c23-19-8-5-9-20(22(19)25-12-3-4-13-25)24-21(26)15-29(27,28)18-11-10-16-6-1-2-7-17(16)14-18/h1-2,5-11,14H,3-4,12-13,15H2,(H,24,26). The second kappa shape index (κ2) is 8.05. The van der Waals surface area contributed by atoms with Gasteiger partial charge in [0, 0.05) is 13.1 Å². The van der Waals surface area contributed by atoms with Crippen molar-refractivity contribution in [1.29, 1.82) is 0 Å². The van der Waals surface area contributed by atoms with Gasteiger partial charge in [0.25, 0.3) is 0 Å². The molecular weight excluding hydrogens is 408 g/mol. The van der Waals surface area contributed by atoms with Crippen LogP contribution in [0, 0.1) is 0 Å². The van der Waals surface area contributed by atoms with Crippen molar-refractivity contribution in [3.05, 3.63) is 65.7 Å². The van der Waals surface area contributed by atoms with Gasteiger partial charge in [-0.15, -0.1) is 0 Å². The summed E-state index contributed by atoms with van der Waals surface area (Å²) in [6.07, 6.45) is 2.13. The first-order chi connectivity index (χ1) is 13.9. The monoisotopic (exact) mass is 428 g/mol. The number of halogens is 1. The minimum Gasteiger partial charge on any atom is -0.369 e. The predicted molar refractivity (Wildman–Crippen MR) is 118 cm³/mol. The molecule has 0 radical (unpaired) electrons. The summed E-state index contributed by atoms with van der Waals surface area (Å²) in [7, 11) is -3.77. The van der Waals surface area contributed by atoms with Crippen LogP contribution in [0.25, 0.3) is 10.8 Å². The molecule has 29 heavy (non-hydrogen) atoms. The number of carbonyl (C=O) groups excluding carboxylic acids is 1. The number of nitrogens with zero attached hydrogens (tertiary/aromatic N) is 1. The maximum Gasteiger partial charge on any atom is 0.240 e. The minimum atomic E-state index is -3.77. The van der Waals surface area contributed by atoms with Crippen LogP contribution in [0.5, 0.6) is 0 Å². The number of benzene rings is 3. The van der Waals surface area contributed by atoms with Gasteiger partial charge in [-0.25, -0.2) is 8.42 Å². The van der Waals surface area contributed by atoms with Gasteiger partial charge in [-0.1, -0.05) is 48.0 Å². The molecule has 7 heteroatoms. The summed E-state index contributed by atoms with van der Waals surface area (Å²) in [5.74, 6) is -1.21. The number of amides is 1. The third-order valence-corrected chi connectivity index (χ3v) is 7.00. The Kier molecular flexibility index (Phi) is 5.48. The highest BCUT2D eigenvalue weighted by atomic mass is 35.5. The Labute approximate surface area is 175 Å². The molecule has 1 N–H and O–H groups in total. The lowest BCUT2D eigenvalue weighted by molar-refractivity contribution is -0.113. The Hall–Kier alpha value is -2.57. The molecule has 5 nitrogen and oxygen atoms in total. The van der Waals surface area contributed by atoms with E-state index in [1.807, 2.05) is 24.3 Å². The third-order valence-electron chi connectivity index (χ3n) is 5.08. The molecule has 1 fully saturated rings. The van der Waals surface area contributed by atoms with Gasteiger partial charge in [-0.3, -0.25) is 4.79 Å². The van der Waals surface area contributed by atoms with Gasteiger partial charge >= 0.3 is 0 Å². The largest absolute Gasteiger partial charge is 0.369 e. The van der Waals surface area contributed by atoms with E-state index in [4.69, 9.17) is 11.6 Å². The molecule has 1 aliphatic heterocycles. The average molecular weight is 429 g/mol. The summed E-state index contributed by atoms with van der Waals surface area (Å²) in [5, 5.41) is 5.06. The molecule has 3 aromatic carbocycles. The van der Waals surface area contributed by atoms with Crippen molar-refractivity contribution in [2.24, 2.45) is 0 Å². The maximum atomic E-state index is 12.8. The maximum absolute atomic E-state index is 12.8. The molecule has 150 valence electrons. The summed E-state index contributed by atoms with van der Waals surface area (Å²) in [5.41, 5.74) is 1.29. The lowest BCUT2D eigenvalue weighted by Gasteiger charge is -2.23. The van der Waals surface area contributed by atoms with Gasteiger partial charge in [0.2, 0.25) is 5.91 Å². The van der Waals surface area contributed by atoms with E-state index in [-0.39, 0.29) is 4.90 Å². The summed E-state index contributed by atoms with van der Waals surface area (Å²) in [6.45, 7) is 1.73. The molecule has 1 amide bonds. The second-order valence-corrected chi connectivity index (χ2v) is 9.54. The van der Waals surface area contributed by atoms with E-state index in [9.17, 15) is 13.2 Å². The fraction of sp³-hybridized carbons (Fsp3) is 0.227. The number of carbonyl (C=O) groups is 1. The lowest BCUT2D eigenvalue weighted by atomic mass is 10.1.